The van der Waals surface area contributed by atoms with Gasteiger partial charge in [0, 0.05) is 12.7 Å². The molecule has 1 rings (SSSR count). The lowest BCUT2D eigenvalue weighted by Gasteiger charge is -2.20. The molecule has 0 saturated heterocycles. The van der Waals surface area contributed by atoms with Crippen molar-refractivity contribution in [3.05, 3.63) is 23.8 Å². The average molecular weight is 281 g/mol. The minimum Gasteiger partial charge on any atom is -0.497 e. The molecule has 0 atom stereocenters. The number of carbonyl (C=O) groups excluding carboxylic acids is 1. The molecule has 5 heteroatoms. The number of aliphatic hydroxyl groups is 1. The van der Waals surface area contributed by atoms with Crippen LogP contribution in [0.1, 0.15) is 32.8 Å². The van der Waals surface area contributed by atoms with Gasteiger partial charge in [-0.15, -0.1) is 0 Å². The normalized spacial score (nSPS) is 11.1. The topological polar surface area (TPSA) is 67.8 Å². The molecule has 112 valence electrons. The Balaban J connectivity index is 2.86. The molecule has 0 aliphatic rings. The first kappa shape index (κ1) is 16.3. The van der Waals surface area contributed by atoms with Crippen molar-refractivity contribution in [3.8, 4) is 5.75 Å². The number of rotatable bonds is 5. The minimum absolute atomic E-state index is 0.109. The number of carbonyl (C=O) groups is 1. The molecule has 5 nitrogen and oxygen atoms in total. The summed E-state index contributed by atoms with van der Waals surface area (Å²) in [4.78, 5) is 11.8. The second-order valence-corrected chi connectivity index (χ2v) is 5.48. The van der Waals surface area contributed by atoms with E-state index in [2.05, 4.69) is 5.32 Å². The lowest BCUT2D eigenvalue weighted by molar-refractivity contribution is 0.0636. The number of amides is 1. The van der Waals surface area contributed by atoms with Crippen molar-refractivity contribution in [2.45, 2.75) is 39.2 Å². The summed E-state index contributed by atoms with van der Waals surface area (Å²) in [5.74, 6) is 0.656. The molecular weight excluding hydrogens is 258 g/mol. The Kier molecular flexibility index (Phi) is 5.82. The van der Waals surface area contributed by atoms with E-state index in [0.29, 0.717) is 24.3 Å². The maximum atomic E-state index is 11.8. The highest BCUT2D eigenvalue weighted by Gasteiger charge is 2.17. The van der Waals surface area contributed by atoms with E-state index in [1.807, 2.05) is 32.9 Å². The smallest absolute Gasteiger partial charge is 0.412 e. The highest BCUT2D eigenvalue weighted by molar-refractivity contribution is 5.86. The quantitative estimate of drug-likeness (QED) is 0.870. The van der Waals surface area contributed by atoms with E-state index in [4.69, 9.17) is 14.6 Å². The van der Waals surface area contributed by atoms with Crippen molar-refractivity contribution in [2.24, 2.45) is 0 Å². The maximum Gasteiger partial charge on any atom is 0.412 e. The van der Waals surface area contributed by atoms with Crippen LogP contribution in [0.3, 0.4) is 0 Å². The predicted octanol–water partition coefficient (Wildman–Crippen LogP) is 2.97. The van der Waals surface area contributed by atoms with Crippen LogP contribution in [0.2, 0.25) is 0 Å². The van der Waals surface area contributed by atoms with Crippen molar-refractivity contribution >= 4 is 11.8 Å². The van der Waals surface area contributed by atoms with Crippen LogP contribution in [0, 0.1) is 0 Å². The number of hydrogen-bond acceptors (Lipinski definition) is 4. The fourth-order valence-corrected chi connectivity index (χ4v) is 1.70. The molecule has 1 amide bonds. The van der Waals surface area contributed by atoms with Crippen LogP contribution in [0.15, 0.2) is 18.2 Å². The zero-order chi connectivity index (χ0) is 15.2. The number of hydrogen-bond donors (Lipinski definition) is 2. The number of aryl methyl sites for hydroxylation is 1. The van der Waals surface area contributed by atoms with Crippen LogP contribution in [-0.2, 0) is 11.2 Å². The monoisotopic (exact) mass is 281 g/mol. The maximum absolute atomic E-state index is 11.8. The molecule has 0 aromatic heterocycles. The van der Waals surface area contributed by atoms with E-state index in [1.54, 1.807) is 13.2 Å². The van der Waals surface area contributed by atoms with Crippen molar-refractivity contribution in [3.63, 3.8) is 0 Å². The van der Waals surface area contributed by atoms with Gasteiger partial charge in [0.15, 0.2) is 0 Å². The highest BCUT2D eigenvalue weighted by Crippen LogP contribution is 2.24. The fraction of sp³-hybridized carbons (Fsp3) is 0.533. The van der Waals surface area contributed by atoms with E-state index in [-0.39, 0.29) is 6.61 Å². The molecule has 0 fully saturated rings. The standard InChI is InChI=1S/C15H23NO4/c1-15(2,3)20-14(18)16-13-10-12(19-4)8-7-11(13)6-5-9-17/h7-8,10,17H,5-6,9H2,1-4H3,(H,16,18). The van der Waals surface area contributed by atoms with Crippen LogP contribution >= 0.6 is 0 Å². The Hall–Kier alpha value is -1.75. The van der Waals surface area contributed by atoms with Crippen molar-refractivity contribution in [1.29, 1.82) is 0 Å². The molecule has 0 heterocycles. The van der Waals surface area contributed by atoms with E-state index in [1.165, 1.54) is 0 Å². The lowest BCUT2D eigenvalue weighted by atomic mass is 10.1. The molecular formula is C15H23NO4. The summed E-state index contributed by atoms with van der Waals surface area (Å²) in [7, 11) is 1.57. The van der Waals surface area contributed by atoms with Crippen molar-refractivity contribution in [2.75, 3.05) is 19.0 Å². The van der Waals surface area contributed by atoms with Gasteiger partial charge in [0.25, 0.3) is 0 Å². The Morgan fingerprint density at radius 2 is 2.05 bits per heavy atom. The van der Waals surface area contributed by atoms with Crippen LogP contribution in [0.25, 0.3) is 0 Å². The van der Waals surface area contributed by atoms with Gasteiger partial charge in [-0.2, -0.15) is 0 Å². The number of anilines is 1. The molecule has 0 aliphatic heterocycles. The van der Waals surface area contributed by atoms with E-state index in [0.717, 1.165) is 5.56 Å². The summed E-state index contributed by atoms with van der Waals surface area (Å²) >= 11 is 0. The Morgan fingerprint density at radius 1 is 1.35 bits per heavy atom. The molecule has 0 aliphatic carbocycles. The van der Waals surface area contributed by atoms with Gasteiger partial charge >= 0.3 is 6.09 Å². The molecule has 20 heavy (non-hydrogen) atoms. The van der Waals surface area contributed by atoms with Gasteiger partial charge in [-0.1, -0.05) is 6.07 Å². The molecule has 0 bridgehead atoms. The van der Waals surface area contributed by atoms with Gasteiger partial charge in [-0.05, 0) is 45.2 Å². The fourth-order valence-electron chi connectivity index (χ4n) is 1.70. The molecule has 2 N–H and O–H groups in total. The molecule has 1 aromatic rings. The summed E-state index contributed by atoms with van der Waals surface area (Å²) < 4.78 is 10.4. The van der Waals surface area contributed by atoms with Crippen molar-refractivity contribution in [1.82, 2.24) is 0 Å². The first-order chi connectivity index (χ1) is 9.35. The first-order valence-corrected chi connectivity index (χ1v) is 6.63. The highest BCUT2D eigenvalue weighted by atomic mass is 16.6. The first-order valence-electron chi connectivity index (χ1n) is 6.63. The van der Waals surface area contributed by atoms with E-state index >= 15 is 0 Å². The third-order valence-electron chi connectivity index (χ3n) is 2.56. The van der Waals surface area contributed by atoms with Crippen LogP contribution in [0.4, 0.5) is 10.5 Å². The zero-order valence-corrected chi connectivity index (χ0v) is 12.5. The number of ether oxygens (including phenoxy) is 2. The van der Waals surface area contributed by atoms with Crippen LogP contribution < -0.4 is 10.1 Å². The minimum atomic E-state index is -0.547. The molecule has 0 spiro atoms. The Labute approximate surface area is 119 Å². The van der Waals surface area contributed by atoms with Crippen LogP contribution in [0.5, 0.6) is 5.75 Å². The number of methoxy groups -OCH3 is 1. The lowest BCUT2D eigenvalue weighted by Crippen LogP contribution is -2.27. The molecule has 0 radical (unpaired) electrons. The third-order valence-corrected chi connectivity index (χ3v) is 2.56. The summed E-state index contributed by atoms with van der Waals surface area (Å²) in [5.41, 5.74) is 1.03. The van der Waals surface area contributed by atoms with E-state index in [9.17, 15) is 4.79 Å². The number of aliphatic hydroxyl groups excluding tert-OH is 1. The van der Waals surface area contributed by atoms with Gasteiger partial charge in [0.05, 0.1) is 12.8 Å². The average Bonchev–Trinajstić information content (AvgIpc) is 2.34. The summed E-state index contributed by atoms with van der Waals surface area (Å²) in [6, 6.07) is 5.45. The van der Waals surface area contributed by atoms with E-state index < -0.39 is 11.7 Å². The van der Waals surface area contributed by atoms with Crippen molar-refractivity contribution < 1.29 is 19.4 Å². The second kappa shape index (κ2) is 7.14. The molecule has 0 unspecified atom stereocenters. The SMILES string of the molecule is COc1ccc(CCCO)c(NC(=O)OC(C)(C)C)c1. The Bertz CT molecular complexity index is 452. The Morgan fingerprint density at radius 3 is 2.60 bits per heavy atom. The van der Waals surface area contributed by atoms with Gasteiger partial charge in [0.2, 0.25) is 0 Å². The largest absolute Gasteiger partial charge is 0.497 e. The third kappa shape index (κ3) is 5.48. The summed E-state index contributed by atoms with van der Waals surface area (Å²) in [5, 5.41) is 11.6. The van der Waals surface area contributed by atoms with Gasteiger partial charge < -0.3 is 14.6 Å². The zero-order valence-electron chi connectivity index (χ0n) is 12.5. The predicted molar refractivity (Wildman–Crippen MR) is 78.3 cm³/mol. The summed E-state index contributed by atoms with van der Waals surface area (Å²) in [6.07, 6.45) is 0.803. The second-order valence-electron chi connectivity index (χ2n) is 5.48. The van der Waals surface area contributed by atoms with Gasteiger partial charge in [-0.25, -0.2) is 4.79 Å². The number of nitrogens with one attached hydrogen (secondary N) is 1. The molecule has 1 aromatic carbocycles. The number of benzene rings is 1. The van der Waals surface area contributed by atoms with Crippen LogP contribution in [-0.4, -0.2) is 30.5 Å². The van der Waals surface area contributed by atoms with Gasteiger partial charge in [-0.3, -0.25) is 5.32 Å². The van der Waals surface area contributed by atoms with Gasteiger partial charge in [0.1, 0.15) is 11.4 Å². The summed E-state index contributed by atoms with van der Waals surface area (Å²) in [6.45, 7) is 5.54. The molecule has 0 saturated carbocycles.